The summed E-state index contributed by atoms with van der Waals surface area (Å²) in [5.41, 5.74) is 17.0. The van der Waals surface area contributed by atoms with Crippen LogP contribution in [0.15, 0.2) is 136 Å². The number of fused-ring (bicyclic) bond motifs is 6. The van der Waals surface area contributed by atoms with Gasteiger partial charge in [-0.2, -0.15) is 0 Å². The van der Waals surface area contributed by atoms with Gasteiger partial charge in [0.1, 0.15) is 22.3 Å². The number of para-hydroxylation sites is 4. The minimum absolute atomic E-state index is 0.775. The lowest BCUT2D eigenvalue weighted by Crippen LogP contribution is -2.17. The Kier molecular flexibility index (Phi) is 5.54. The van der Waals surface area contributed by atoms with Crippen molar-refractivity contribution in [2.24, 2.45) is 0 Å². The molecule has 0 aliphatic carbocycles. The van der Waals surface area contributed by atoms with E-state index in [0.29, 0.717) is 0 Å². The van der Waals surface area contributed by atoms with Gasteiger partial charge in [0, 0.05) is 33.8 Å². The fourth-order valence-electron chi connectivity index (χ4n) is 6.19. The van der Waals surface area contributed by atoms with E-state index in [1.165, 1.54) is 0 Å². The number of anilines is 3. The van der Waals surface area contributed by atoms with Crippen LogP contribution in [0.5, 0.6) is 0 Å². The Labute approximate surface area is 243 Å². The van der Waals surface area contributed by atoms with Crippen molar-refractivity contribution in [3.05, 3.63) is 127 Å². The molecule has 8 rings (SSSR count). The average Bonchev–Trinajstić information content (AvgIpc) is 3.60. The third-order valence-corrected chi connectivity index (χ3v) is 8.24. The van der Waals surface area contributed by atoms with Crippen molar-refractivity contribution in [3.8, 4) is 22.3 Å². The van der Waals surface area contributed by atoms with E-state index in [1.807, 2.05) is 42.5 Å². The van der Waals surface area contributed by atoms with Crippen molar-refractivity contribution in [2.75, 3.05) is 17.2 Å². The summed E-state index contributed by atoms with van der Waals surface area (Å²) < 4.78 is 12.9. The molecule has 4 nitrogen and oxygen atoms in total. The van der Waals surface area contributed by atoms with Crippen LogP contribution in [-0.2, 0) is 0 Å². The second kappa shape index (κ2) is 9.57. The Balaban J connectivity index is 1.23. The Morgan fingerprint density at radius 1 is 0.548 bits per heavy atom. The van der Waals surface area contributed by atoms with Gasteiger partial charge in [0.15, 0.2) is 0 Å². The molecule has 0 aliphatic heterocycles. The minimum atomic E-state index is 0.775. The van der Waals surface area contributed by atoms with E-state index in [-0.39, 0.29) is 0 Å². The molecule has 0 saturated heterocycles. The van der Waals surface area contributed by atoms with Gasteiger partial charge in [-0.25, -0.2) is 0 Å². The predicted molar refractivity (Wildman–Crippen MR) is 175 cm³/mol. The predicted octanol–water partition coefficient (Wildman–Crippen LogP) is 10.6. The quantitative estimate of drug-likeness (QED) is 0.219. The maximum absolute atomic E-state index is 6.47. The van der Waals surface area contributed by atoms with E-state index >= 15 is 0 Å². The van der Waals surface area contributed by atoms with Gasteiger partial charge in [0.2, 0.25) is 0 Å². The first kappa shape index (κ1) is 24.3. The monoisotopic (exact) mass is 544 g/mol. The Bertz CT molecular complexity index is 2150. The van der Waals surface area contributed by atoms with Crippen LogP contribution < -0.4 is 10.6 Å². The van der Waals surface area contributed by atoms with E-state index < -0.39 is 0 Å². The Morgan fingerprint density at radius 2 is 1.05 bits per heavy atom. The largest absolute Gasteiger partial charge is 0.455 e. The standard InChI is InChI=1S/C38H28N2O2/c1-2-40(33-12-6-5-11-32(33)39)27-21-19-25(20-22-27)24-15-17-26(18-16-24)36-37-30(28-9-3-7-13-34(28)41-37)23-31-29-10-4-8-14-35(29)42-38(31)36/h3-23H,2,39H2,1H3. The molecule has 0 amide bonds. The second-order valence-electron chi connectivity index (χ2n) is 10.6. The molecular formula is C38H28N2O2. The number of nitrogen functional groups attached to an aromatic ring is 1. The summed E-state index contributed by atoms with van der Waals surface area (Å²) in [6, 6.07) is 44.0. The van der Waals surface area contributed by atoms with Crippen LogP contribution in [0.2, 0.25) is 0 Å². The van der Waals surface area contributed by atoms with E-state index in [1.54, 1.807) is 0 Å². The topological polar surface area (TPSA) is 55.5 Å². The molecule has 0 bridgehead atoms. The maximum Gasteiger partial charge on any atom is 0.147 e. The van der Waals surface area contributed by atoms with E-state index in [9.17, 15) is 0 Å². The lowest BCUT2D eigenvalue weighted by molar-refractivity contribution is 0.658. The first-order valence-electron chi connectivity index (χ1n) is 14.3. The summed E-state index contributed by atoms with van der Waals surface area (Å²) in [5, 5.41) is 4.41. The van der Waals surface area contributed by atoms with Gasteiger partial charge in [-0.3, -0.25) is 0 Å². The fraction of sp³-hybridized carbons (Fsp3) is 0.0526. The van der Waals surface area contributed by atoms with Crippen molar-refractivity contribution in [1.82, 2.24) is 0 Å². The van der Waals surface area contributed by atoms with Gasteiger partial charge in [-0.1, -0.05) is 84.9 Å². The van der Waals surface area contributed by atoms with Crippen LogP contribution in [0.4, 0.5) is 17.1 Å². The normalized spacial score (nSPS) is 11.6. The number of nitrogens with zero attached hydrogens (tertiary/aromatic N) is 1. The third kappa shape index (κ3) is 3.76. The summed E-state index contributed by atoms with van der Waals surface area (Å²) in [5.74, 6) is 0. The number of hydrogen-bond donors (Lipinski definition) is 1. The van der Waals surface area contributed by atoms with Gasteiger partial charge in [0.05, 0.1) is 16.9 Å². The summed E-state index contributed by atoms with van der Waals surface area (Å²) >= 11 is 0. The number of hydrogen-bond acceptors (Lipinski definition) is 4. The molecule has 4 heteroatoms. The number of nitrogens with two attached hydrogens (primary N) is 1. The van der Waals surface area contributed by atoms with Crippen molar-refractivity contribution in [1.29, 1.82) is 0 Å². The smallest absolute Gasteiger partial charge is 0.147 e. The molecular weight excluding hydrogens is 516 g/mol. The lowest BCUT2D eigenvalue weighted by Gasteiger charge is -2.25. The van der Waals surface area contributed by atoms with Crippen LogP contribution in [0.3, 0.4) is 0 Å². The summed E-state index contributed by atoms with van der Waals surface area (Å²) in [7, 11) is 0. The zero-order valence-corrected chi connectivity index (χ0v) is 23.2. The molecule has 8 aromatic rings. The van der Waals surface area contributed by atoms with Gasteiger partial charge in [-0.05, 0) is 66.1 Å². The van der Waals surface area contributed by atoms with Crippen molar-refractivity contribution in [3.63, 3.8) is 0 Å². The number of rotatable bonds is 5. The molecule has 0 radical (unpaired) electrons. The maximum atomic E-state index is 6.47. The average molecular weight is 545 g/mol. The number of benzene rings is 6. The highest BCUT2D eigenvalue weighted by Gasteiger charge is 2.21. The lowest BCUT2D eigenvalue weighted by atomic mass is 9.96. The first-order chi connectivity index (χ1) is 20.7. The third-order valence-electron chi connectivity index (χ3n) is 8.24. The van der Waals surface area contributed by atoms with Crippen molar-refractivity contribution >= 4 is 60.9 Å². The SMILES string of the molecule is CCN(c1ccc(-c2ccc(-c3c4oc5ccccc5c4cc4c3oc3ccccc34)cc2)cc1)c1ccccc1N. The molecule has 0 saturated carbocycles. The van der Waals surface area contributed by atoms with Crippen molar-refractivity contribution in [2.45, 2.75) is 6.92 Å². The zero-order chi connectivity index (χ0) is 28.2. The summed E-state index contributed by atoms with van der Waals surface area (Å²) in [4.78, 5) is 2.23. The molecule has 0 fully saturated rings. The molecule has 42 heavy (non-hydrogen) atoms. The molecule has 202 valence electrons. The highest BCUT2D eigenvalue weighted by atomic mass is 16.3. The van der Waals surface area contributed by atoms with Gasteiger partial charge in [0.25, 0.3) is 0 Å². The Hall–Kier alpha value is -5.48. The molecule has 2 heterocycles. The van der Waals surface area contributed by atoms with Gasteiger partial charge in [-0.15, -0.1) is 0 Å². The second-order valence-corrected chi connectivity index (χ2v) is 10.6. The summed E-state index contributed by atoms with van der Waals surface area (Å²) in [6.07, 6.45) is 0. The van der Waals surface area contributed by atoms with Crippen LogP contribution in [-0.4, -0.2) is 6.54 Å². The zero-order valence-electron chi connectivity index (χ0n) is 23.2. The van der Waals surface area contributed by atoms with Gasteiger partial charge < -0.3 is 19.5 Å². The number of furan rings is 2. The van der Waals surface area contributed by atoms with Crippen LogP contribution in [0.25, 0.3) is 66.1 Å². The molecule has 6 aromatic carbocycles. The highest BCUT2D eigenvalue weighted by molar-refractivity contribution is 6.21. The molecule has 0 atom stereocenters. The summed E-state index contributed by atoms with van der Waals surface area (Å²) in [6.45, 7) is 2.96. The minimum Gasteiger partial charge on any atom is -0.455 e. The van der Waals surface area contributed by atoms with Crippen LogP contribution >= 0.6 is 0 Å². The molecule has 2 aromatic heterocycles. The van der Waals surface area contributed by atoms with Crippen LogP contribution in [0, 0.1) is 0 Å². The molecule has 0 unspecified atom stereocenters. The van der Waals surface area contributed by atoms with Crippen LogP contribution in [0.1, 0.15) is 6.92 Å². The fourth-order valence-corrected chi connectivity index (χ4v) is 6.19. The first-order valence-corrected chi connectivity index (χ1v) is 14.3. The molecule has 2 N–H and O–H groups in total. The van der Waals surface area contributed by atoms with Crippen molar-refractivity contribution < 1.29 is 8.83 Å². The van der Waals surface area contributed by atoms with E-state index in [4.69, 9.17) is 14.6 Å². The molecule has 0 aliphatic rings. The Morgan fingerprint density at radius 3 is 1.62 bits per heavy atom. The van der Waals surface area contributed by atoms with E-state index in [0.717, 1.165) is 89.7 Å². The van der Waals surface area contributed by atoms with E-state index in [2.05, 4.69) is 96.8 Å². The van der Waals surface area contributed by atoms with Gasteiger partial charge >= 0.3 is 0 Å². The molecule has 0 spiro atoms. The highest BCUT2D eigenvalue weighted by Crippen LogP contribution is 2.44.